The van der Waals surface area contributed by atoms with E-state index in [1.807, 2.05) is 17.0 Å². The fraction of sp³-hybridized carbons (Fsp3) is 0.435. The summed E-state index contributed by atoms with van der Waals surface area (Å²) in [5, 5.41) is 8.62. The largest absolute Gasteiger partial charge is 0.350 e. The summed E-state index contributed by atoms with van der Waals surface area (Å²) >= 11 is 0. The number of hydrogen-bond donors (Lipinski definition) is 0. The molecule has 1 fully saturated rings. The van der Waals surface area contributed by atoms with Gasteiger partial charge in [-0.25, -0.2) is 4.68 Å². The van der Waals surface area contributed by atoms with Crippen LogP contribution in [0, 0.1) is 0 Å². The third-order valence-electron chi connectivity index (χ3n) is 6.28. The maximum absolute atomic E-state index is 12.9. The zero-order valence-electron chi connectivity index (χ0n) is 17.9. The number of aryl methyl sites for hydroxylation is 1. The third kappa shape index (κ3) is 4.20. The van der Waals surface area contributed by atoms with E-state index in [-0.39, 0.29) is 11.5 Å². The topological polar surface area (TPSA) is 97.4 Å². The molecule has 1 aliphatic heterocycles. The van der Waals surface area contributed by atoms with E-state index in [2.05, 4.69) is 20.1 Å². The molecule has 0 radical (unpaired) electrons. The van der Waals surface area contributed by atoms with Gasteiger partial charge in [0.1, 0.15) is 0 Å². The first-order valence-electron chi connectivity index (χ1n) is 11.2. The standard InChI is InChI=1S/C23H26N6O3/c30-21-6-5-19(17-7-9-24-10-8-17)25-29(21)16-13-27-11-14-28(15-12-27)23(31)22-18-3-1-2-4-20(18)26-32-22/h5-10H,1-4,11-16H2. The molecule has 0 bridgehead atoms. The van der Waals surface area contributed by atoms with Crippen molar-refractivity contribution in [1.29, 1.82) is 0 Å². The number of hydrogen-bond acceptors (Lipinski definition) is 7. The van der Waals surface area contributed by atoms with Gasteiger partial charge < -0.3 is 9.42 Å². The molecule has 1 saturated heterocycles. The van der Waals surface area contributed by atoms with Gasteiger partial charge in [0.2, 0.25) is 5.76 Å². The maximum Gasteiger partial charge on any atom is 0.292 e. The number of rotatable bonds is 5. The average molecular weight is 435 g/mol. The Balaban J connectivity index is 1.18. The molecule has 0 N–H and O–H groups in total. The number of pyridine rings is 1. The minimum Gasteiger partial charge on any atom is -0.350 e. The Kier molecular flexibility index (Phi) is 5.81. The first kappa shape index (κ1) is 20.6. The fourth-order valence-electron chi connectivity index (χ4n) is 4.40. The lowest BCUT2D eigenvalue weighted by Gasteiger charge is -2.34. The van der Waals surface area contributed by atoms with Gasteiger partial charge in [-0.2, -0.15) is 5.10 Å². The van der Waals surface area contributed by atoms with Gasteiger partial charge in [0.05, 0.1) is 17.9 Å². The van der Waals surface area contributed by atoms with Gasteiger partial charge in [0.15, 0.2) is 0 Å². The van der Waals surface area contributed by atoms with Crippen LogP contribution in [0.15, 0.2) is 46.0 Å². The highest BCUT2D eigenvalue weighted by molar-refractivity contribution is 5.93. The zero-order chi connectivity index (χ0) is 21.9. The number of carbonyl (C=O) groups excluding carboxylic acids is 1. The van der Waals surface area contributed by atoms with Crippen LogP contribution in [0.25, 0.3) is 11.3 Å². The highest BCUT2D eigenvalue weighted by Crippen LogP contribution is 2.25. The van der Waals surface area contributed by atoms with E-state index in [9.17, 15) is 9.59 Å². The van der Waals surface area contributed by atoms with Crippen LogP contribution in [-0.4, -0.2) is 68.4 Å². The number of carbonyl (C=O) groups is 1. The molecule has 0 unspecified atom stereocenters. The van der Waals surface area contributed by atoms with Crippen LogP contribution in [-0.2, 0) is 19.4 Å². The predicted octanol–water partition coefficient (Wildman–Crippen LogP) is 1.63. The highest BCUT2D eigenvalue weighted by Gasteiger charge is 2.29. The number of fused-ring (bicyclic) bond motifs is 1. The molecule has 1 amide bonds. The molecule has 9 nitrogen and oxygen atoms in total. The van der Waals surface area contributed by atoms with E-state index in [0.29, 0.717) is 31.9 Å². The summed E-state index contributed by atoms with van der Waals surface area (Å²) in [7, 11) is 0. The van der Waals surface area contributed by atoms with Gasteiger partial charge in [-0.3, -0.25) is 19.5 Å². The molecule has 32 heavy (non-hydrogen) atoms. The lowest BCUT2D eigenvalue weighted by atomic mass is 9.96. The van der Waals surface area contributed by atoms with Crippen molar-refractivity contribution in [1.82, 2.24) is 29.7 Å². The third-order valence-corrected chi connectivity index (χ3v) is 6.28. The normalized spacial score (nSPS) is 16.7. The van der Waals surface area contributed by atoms with Crippen molar-refractivity contribution in [3.05, 3.63) is 64.0 Å². The fourth-order valence-corrected chi connectivity index (χ4v) is 4.40. The van der Waals surface area contributed by atoms with Gasteiger partial charge in [-0.1, -0.05) is 5.16 Å². The van der Waals surface area contributed by atoms with Gasteiger partial charge in [-0.05, 0) is 43.9 Å². The molecular formula is C23H26N6O3. The second-order valence-electron chi connectivity index (χ2n) is 8.29. The second kappa shape index (κ2) is 9.04. The van der Waals surface area contributed by atoms with Crippen LogP contribution in [0.5, 0.6) is 0 Å². The van der Waals surface area contributed by atoms with E-state index < -0.39 is 0 Å². The summed E-state index contributed by atoms with van der Waals surface area (Å²) in [6.07, 6.45) is 7.38. The molecule has 2 aliphatic rings. The Bertz CT molecular complexity index is 1150. The quantitative estimate of drug-likeness (QED) is 0.602. The zero-order valence-corrected chi connectivity index (χ0v) is 17.9. The van der Waals surface area contributed by atoms with Gasteiger partial charge in [0, 0.05) is 62.3 Å². The molecule has 0 spiro atoms. The summed E-state index contributed by atoms with van der Waals surface area (Å²) < 4.78 is 6.93. The summed E-state index contributed by atoms with van der Waals surface area (Å²) in [6.45, 7) is 3.97. The van der Waals surface area contributed by atoms with Crippen molar-refractivity contribution in [2.24, 2.45) is 0 Å². The first-order chi connectivity index (χ1) is 15.7. The number of piperazine rings is 1. The molecule has 0 aromatic carbocycles. The van der Waals surface area contributed by atoms with Crippen LogP contribution >= 0.6 is 0 Å². The van der Waals surface area contributed by atoms with E-state index in [1.54, 1.807) is 24.5 Å². The Morgan fingerprint density at radius 2 is 1.75 bits per heavy atom. The molecule has 3 aromatic heterocycles. The van der Waals surface area contributed by atoms with Crippen molar-refractivity contribution >= 4 is 5.91 Å². The van der Waals surface area contributed by atoms with Gasteiger partial charge in [0.25, 0.3) is 11.5 Å². The molecule has 0 atom stereocenters. The van der Waals surface area contributed by atoms with Crippen molar-refractivity contribution in [3.63, 3.8) is 0 Å². The lowest BCUT2D eigenvalue weighted by Crippen LogP contribution is -2.49. The molecule has 3 aromatic rings. The van der Waals surface area contributed by atoms with E-state index in [4.69, 9.17) is 4.52 Å². The van der Waals surface area contributed by atoms with Crippen molar-refractivity contribution in [2.45, 2.75) is 32.2 Å². The Labute approximate surface area is 185 Å². The van der Waals surface area contributed by atoms with Gasteiger partial charge >= 0.3 is 0 Å². The van der Waals surface area contributed by atoms with Crippen molar-refractivity contribution in [2.75, 3.05) is 32.7 Å². The smallest absolute Gasteiger partial charge is 0.292 e. The van der Waals surface area contributed by atoms with Gasteiger partial charge in [-0.15, -0.1) is 0 Å². The van der Waals surface area contributed by atoms with Crippen LogP contribution in [0.3, 0.4) is 0 Å². The predicted molar refractivity (Wildman–Crippen MR) is 117 cm³/mol. The molecule has 5 rings (SSSR count). The summed E-state index contributed by atoms with van der Waals surface area (Å²) in [5.41, 5.74) is 3.51. The summed E-state index contributed by atoms with van der Waals surface area (Å²) in [6, 6.07) is 7.04. The van der Waals surface area contributed by atoms with E-state index in [1.165, 1.54) is 4.68 Å². The SMILES string of the molecule is O=C(c1onc2c1CCCC2)N1CCN(CCn2nc(-c3ccncc3)ccc2=O)CC1. The first-order valence-corrected chi connectivity index (χ1v) is 11.2. The molecule has 0 saturated carbocycles. The molecule has 9 heteroatoms. The minimum absolute atomic E-state index is 0.0526. The van der Waals surface area contributed by atoms with Crippen LogP contribution in [0.4, 0.5) is 0 Å². The van der Waals surface area contributed by atoms with Crippen LogP contribution < -0.4 is 5.56 Å². The summed E-state index contributed by atoms with van der Waals surface area (Å²) in [5.74, 6) is 0.375. The lowest BCUT2D eigenvalue weighted by molar-refractivity contribution is 0.0590. The van der Waals surface area contributed by atoms with E-state index >= 15 is 0 Å². The van der Waals surface area contributed by atoms with E-state index in [0.717, 1.165) is 61.3 Å². The number of amides is 1. The molecule has 166 valence electrons. The second-order valence-corrected chi connectivity index (χ2v) is 8.29. The summed E-state index contributed by atoms with van der Waals surface area (Å²) in [4.78, 5) is 33.3. The Hall–Kier alpha value is -3.33. The number of nitrogens with zero attached hydrogens (tertiary/aromatic N) is 6. The van der Waals surface area contributed by atoms with Crippen LogP contribution in [0.2, 0.25) is 0 Å². The Morgan fingerprint density at radius 1 is 0.969 bits per heavy atom. The number of aromatic nitrogens is 4. The maximum atomic E-state index is 12.9. The molecule has 1 aliphatic carbocycles. The minimum atomic E-state index is -0.119. The Morgan fingerprint density at radius 3 is 2.56 bits per heavy atom. The highest BCUT2D eigenvalue weighted by atomic mass is 16.5. The van der Waals surface area contributed by atoms with Crippen molar-refractivity contribution < 1.29 is 9.32 Å². The van der Waals surface area contributed by atoms with Crippen molar-refractivity contribution in [3.8, 4) is 11.3 Å². The molecule has 4 heterocycles. The average Bonchev–Trinajstić information content (AvgIpc) is 3.28. The van der Waals surface area contributed by atoms with Crippen LogP contribution in [0.1, 0.15) is 34.7 Å². The monoisotopic (exact) mass is 434 g/mol. The molecular weight excluding hydrogens is 408 g/mol.